The third-order valence-electron chi connectivity index (χ3n) is 1.06. The van der Waals surface area contributed by atoms with Crippen LogP contribution in [0, 0.1) is 6.92 Å². The summed E-state index contributed by atoms with van der Waals surface area (Å²) in [4.78, 5) is 0. The lowest BCUT2D eigenvalue weighted by molar-refractivity contribution is -0.236. The molecule has 1 radical (unpaired) electrons. The molecule has 0 aliphatic rings. The fourth-order valence-electron chi connectivity index (χ4n) is 0.360. The van der Waals surface area contributed by atoms with Gasteiger partial charge >= 0.3 is 11.8 Å². The molecule has 0 bridgehead atoms. The van der Waals surface area contributed by atoms with E-state index in [0.717, 1.165) is 0 Å². The molecule has 0 saturated heterocycles. The minimum atomic E-state index is -5.44. The highest BCUT2D eigenvalue weighted by Crippen LogP contribution is 2.39. The molecule has 0 amide bonds. The summed E-state index contributed by atoms with van der Waals surface area (Å²) in [7, 11) is 0. The van der Waals surface area contributed by atoms with Crippen molar-refractivity contribution in [1.82, 2.24) is 0 Å². The molecule has 0 aromatic carbocycles. The van der Waals surface area contributed by atoms with Crippen molar-refractivity contribution in [3.63, 3.8) is 0 Å². The number of rotatable bonds is 3. The fraction of sp³-hybridized carbons (Fsp3) is 0.800. The monoisotopic (exact) mass is 197 g/mol. The lowest BCUT2D eigenvalue weighted by Gasteiger charge is -2.25. The summed E-state index contributed by atoms with van der Waals surface area (Å²) in [6.45, 7) is 1.59. The zero-order chi connectivity index (χ0) is 10.2. The van der Waals surface area contributed by atoms with Gasteiger partial charge in [-0.2, -0.15) is 17.6 Å². The smallest absolute Gasteiger partial charge is 0.234 e. The number of hydrogen-bond donors (Lipinski definition) is 0. The highest BCUT2D eigenvalue weighted by Gasteiger charge is 2.61. The third kappa shape index (κ3) is 2.01. The Hall–Kier alpha value is -0.490. The maximum absolute atomic E-state index is 11.9. The SMILES string of the molecule is [CH2]C(F)(F)C(F)(F)C(F)C(F)F. The van der Waals surface area contributed by atoms with E-state index in [2.05, 4.69) is 0 Å². The lowest BCUT2D eigenvalue weighted by Crippen LogP contribution is -2.49. The summed E-state index contributed by atoms with van der Waals surface area (Å²) in [6.07, 6.45) is -8.36. The summed E-state index contributed by atoms with van der Waals surface area (Å²) >= 11 is 0. The van der Waals surface area contributed by atoms with Crippen LogP contribution in [0.2, 0.25) is 0 Å². The average Bonchev–Trinajstić information content (AvgIpc) is 1.83. The van der Waals surface area contributed by atoms with Gasteiger partial charge in [0.1, 0.15) is 0 Å². The maximum atomic E-state index is 11.9. The fourth-order valence-corrected chi connectivity index (χ4v) is 0.360. The maximum Gasteiger partial charge on any atom is 0.346 e. The Balaban J connectivity index is 4.61. The van der Waals surface area contributed by atoms with E-state index in [4.69, 9.17) is 0 Å². The first kappa shape index (κ1) is 11.5. The van der Waals surface area contributed by atoms with Gasteiger partial charge in [-0.15, -0.1) is 0 Å². The van der Waals surface area contributed by atoms with Gasteiger partial charge in [0.25, 0.3) is 6.43 Å². The Morgan fingerprint density at radius 1 is 0.917 bits per heavy atom. The van der Waals surface area contributed by atoms with Crippen molar-refractivity contribution in [1.29, 1.82) is 0 Å². The molecule has 73 valence electrons. The molecule has 0 aromatic heterocycles. The molecule has 7 heteroatoms. The van der Waals surface area contributed by atoms with Gasteiger partial charge in [0, 0.05) is 6.92 Å². The Morgan fingerprint density at radius 3 is 1.33 bits per heavy atom. The zero-order valence-corrected chi connectivity index (χ0v) is 5.51. The first-order valence-corrected chi connectivity index (χ1v) is 2.64. The molecule has 12 heavy (non-hydrogen) atoms. The Labute approximate surface area is 63.4 Å². The molecule has 0 saturated carbocycles. The summed E-state index contributed by atoms with van der Waals surface area (Å²) in [5.41, 5.74) is 0. The second-order valence-corrected chi connectivity index (χ2v) is 2.06. The van der Waals surface area contributed by atoms with Crippen molar-refractivity contribution >= 4 is 0 Å². The molecule has 0 heterocycles. The van der Waals surface area contributed by atoms with E-state index in [1.165, 1.54) is 0 Å². The second kappa shape index (κ2) is 3.10. The van der Waals surface area contributed by atoms with Crippen LogP contribution in [0.4, 0.5) is 30.7 Å². The first-order valence-electron chi connectivity index (χ1n) is 2.64. The van der Waals surface area contributed by atoms with Gasteiger partial charge < -0.3 is 0 Å². The van der Waals surface area contributed by atoms with Crippen molar-refractivity contribution < 1.29 is 30.7 Å². The minimum Gasteiger partial charge on any atom is -0.234 e. The van der Waals surface area contributed by atoms with Gasteiger partial charge in [0.15, 0.2) is 0 Å². The molecule has 0 aliphatic carbocycles. The van der Waals surface area contributed by atoms with E-state index in [0.29, 0.717) is 0 Å². The number of alkyl halides is 7. The molecule has 0 rings (SSSR count). The van der Waals surface area contributed by atoms with Crippen LogP contribution in [0.25, 0.3) is 0 Å². The van der Waals surface area contributed by atoms with Gasteiger partial charge in [0.05, 0.1) is 0 Å². The molecule has 1 atom stereocenters. The third-order valence-corrected chi connectivity index (χ3v) is 1.06. The molecule has 0 aliphatic heterocycles. The Kier molecular flexibility index (Phi) is 2.97. The standard InChI is InChI=1S/C5H4F7/c1-4(9,10)5(11,12)2(6)3(7)8/h2-3H,1H2. The van der Waals surface area contributed by atoms with Crippen molar-refractivity contribution in [2.45, 2.75) is 24.4 Å². The van der Waals surface area contributed by atoms with Crippen LogP contribution in [0.3, 0.4) is 0 Å². The molecule has 0 N–H and O–H groups in total. The van der Waals surface area contributed by atoms with Gasteiger partial charge in [-0.05, 0) is 0 Å². The van der Waals surface area contributed by atoms with E-state index in [1.807, 2.05) is 0 Å². The van der Waals surface area contributed by atoms with Crippen LogP contribution in [0.5, 0.6) is 0 Å². The quantitative estimate of drug-likeness (QED) is 0.610. The van der Waals surface area contributed by atoms with E-state index >= 15 is 0 Å². The van der Waals surface area contributed by atoms with E-state index < -0.39 is 24.4 Å². The number of hydrogen-bond acceptors (Lipinski definition) is 0. The van der Waals surface area contributed by atoms with Crippen molar-refractivity contribution in [2.75, 3.05) is 0 Å². The molecule has 0 fully saturated rings. The Morgan fingerprint density at radius 2 is 1.25 bits per heavy atom. The summed E-state index contributed by atoms with van der Waals surface area (Å²) in [6, 6.07) is 0. The summed E-state index contributed by atoms with van der Waals surface area (Å²) in [5, 5.41) is 0. The van der Waals surface area contributed by atoms with E-state index in [1.54, 1.807) is 6.92 Å². The van der Waals surface area contributed by atoms with Crippen LogP contribution in [-0.4, -0.2) is 24.4 Å². The molecular weight excluding hydrogens is 193 g/mol. The highest BCUT2D eigenvalue weighted by molar-refractivity contribution is 4.93. The van der Waals surface area contributed by atoms with Crippen molar-refractivity contribution in [3.8, 4) is 0 Å². The predicted octanol–water partition coefficient (Wildman–Crippen LogP) is 2.69. The van der Waals surface area contributed by atoms with Gasteiger partial charge in [0.2, 0.25) is 6.17 Å². The number of halogens is 7. The van der Waals surface area contributed by atoms with Gasteiger partial charge in [-0.3, -0.25) is 0 Å². The van der Waals surface area contributed by atoms with E-state index in [-0.39, 0.29) is 0 Å². The first-order chi connectivity index (χ1) is 5.10. The van der Waals surface area contributed by atoms with Crippen LogP contribution >= 0.6 is 0 Å². The largest absolute Gasteiger partial charge is 0.346 e. The van der Waals surface area contributed by atoms with Crippen molar-refractivity contribution in [3.05, 3.63) is 6.92 Å². The van der Waals surface area contributed by atoms with Crippen molar-refractivity contribution in [2.24, 2.45) is 0 Å². The summed E-state index contributed by atoms with van der Waals surface area (Å²) in [5.74, 6) is -10.5. The van der Waals surface area contributed by atoms with E-state index in [9.17, 15) is 30.7 Å². The van der Waals surface area contributed by atoms with Gasteiger partial charge in [-0.25, -0.2) is 13.2 Å². The van der Waals surface area contributed by atoms with Crippen LogP contribution in [0.15, 0.2) is 0 Å². The van der Waals surface area contributed by atoms with Crippen LogP contribution < -0.4 is 0 Å². The van der Waals surface area contributed by atoms with Gasteiger partial charge in [-0.1, -0.05) is 0 Å². The summed E-state index contributed by atoms with van der Waals surface area (Å²) < 4.78 is 81.4. The highest BCUT2D eigenvalue weighted by atomic mass is 19.3. The zero-order valence-electron chi connectivity index (χ0n) is 5.51. The molecule has 0 nitrogen and oxygen atoms in total. The lowest BCUT2D eigenvalue weighted by atomic mass is 10.1. The molecule has 1 unspecified atom stereocenters. The van der Waals surface area contributed by atoms with Crippen LogP contribution in [0.1, 0.15) is 0 Å². The van der Waals surface area contributed by atoms with Crippen LogP contribution in [-0.2, 0) is 0 Å². The Bertz CT molecular complexity index is 146. The molecular formula is C5H4F7. The average molecular weight is 197 g/mol. The normalized spacial score (nSPS) is 16.8. The second-order valence-electron chi connectivity index (χ2n) is 2.06. The molecule has 0 aromatic rings. The topological polar surface area (TPSA) is 0 Å². The minimum absolute atomic E-state index is 1.59. The molecule has 0 spiro atoms. The predicted molar refractivity (Wildman–Crippen MR) is 26.2 cm³/mol.